The zero-order valence-corrected chi connectivity index (χ0v) is 12.2. The number of fused-ring (bicyclic) bond motifs is 1. The largest absolute Gasteiger partial charge is 0.480 e. The third-order valence-corrected chi connectivity index (χ3v) is 3.12. The number of rotatable bonds is 4. The van der Waals surface area contributed by atoms with Crippen LogP contribution in [0.25, 0.3) is 10.9 Å². The molecule has 0 bridgehead atoms. The molecule has 128 valence electrons. The van der Waals surface area contributed by atoms with Gasteiger partial charge in [0, 0.05) is 5.39 Å². The summed E-state index contributed by atoms with van der Waals surface area (Å²) in [6.45, 7) is -0.744. The molecule has 2 aromatic rings. The molecular formula is C14H11F3N2O5. The highest BCUT2D eigenvalue weighted by Gasteiger charge is 2.31. The van der Waals surface area contributed by atoms with Crippen molar-refractivity contribution in [2.75, 3.05) is 13.7 Å². The molecule has 1 heterocycles. The van der Waals surface area contributed by atoms with Crippen molar-refractivity contribution >= 4 is 22.8 Å². The molecule has 2 N–H and O–H groups in total. The predicted octanol–water partition coefficient (Wildman–Crippen LogP) is 0.893. The van der Waals surface area contributed by atoms with E-state index in [0.29, 0.717) is 4.73 Å². The highest BCUT2D eigenvalue weighted by atomic mass is 19.4. The van der Waals surface area contributed by atoms with E-state index in [1.807, 2.05) is 5.32 Å². The second-order valence-electron chi connectivity index (χ2n) is 4.69. The highest BCUT2D eigenvalue weighted by Crippen LogP contribution is 2.31. The van der Waals surface area contributed by atoms with Gasteiger partial charge in [0.1, 0.15) is 19.2 Å². The van der Waals surface area contributed by atoms with Crippen LogP contribution in [-0.2, 0) is 11.0 Å². The molecule has 7 nitrogen and oxygen atoms in total. The van der Waals surface area contributed by atoms with Crippen LogP contribution in [0.1, 0.15) is 15.9 Å². The van der Waals surface area contributed by atoms with Gasteiger partial charge in [-0.05, 0) is 24.3 Å². The summed E-state index contributed by atoms with van der Waals surface area (Å²) >= 11 is 0. The van der Waals surface area contributed by atoms with E-state index < -0.39 is 41.3 Å². The highest BCUT2D eigenvalue weighted by molar-refractivity contribution is 5.98. The quantitative estimate of drug-likeness (QED) is 0.859. The maximum absolute atomic E-state index is 12.8. The van der Waals surface area contributed by atoms with Crippen LogP contribution in [0.5, 0.6) is 0 Å². The smallest absolute Gasteiger partial charge is 0.416 e. The lowest BCUT2D eigenvalue weighted by Crippen LogP contribution is -2.37. The average Bonchev–Trinajstić information content (AvgIpc) is 2.50. The molecule has 2 rings (SSSR count). The fourth-order valence-electron chi connectivity index (χ4n) is 2.06. The zero-order valence-electron chi connectivity index (χ0n) is 12.2. The van der Waals surface area contributed by atoms with Gasteiger partial charge in [-0.25, -0.2) is 0 Å². The lowest BCUT2D eigenvalue weighted by atomic mass is 10.1. The van der Waals surface area contributed by atoms with Crippen LogP contribution in [0.4, 0.5) is 13.2 Å². The number of halogens is 3. The van der Waals surface area contributed by atoms with Crippen molar-refractivity contribution in [2.24, 2.45) is 0 Å². The number of carbonyl (C=O) groups excluding carboxylic acids is 1. The summed E-state index contributed by atoms with van der Waals surface area (Å²) in [6, 6.07) is 3.54. The Hall–Kier alpha value is -3.04. The number of benzene rings is 1. The molecule has 0 fully saturated rings. The maximum atomic E-state index is 12.8. The summed E-state index contributed by atoms with van der Waals surface area (Å²) < 4.78 is 39.1. The third-order valence-electron chi connectivity index (χ3n) is 3.12. The van der Waals surface area contributed by atoms with Crippen molar-refractivity contribution in [1.29, 1.82) is 0 Å². The Morgan fingerprint density at radius 1 is 1.29 bits per heavy atom. The first-order valence-electron chi connectivity index (χ1n) is 6.46. The van der Waals surface area contributed by atoms with Crippen LogP contribution in [0.15, 0.2) is 29.1 Å². The standard InChI is InChI=1S/C14H11F3N2O5/c1-24-19-10-3-2-8(14(15,16)17)4-7(10)5-9(13(19)23)12(22)18-6-11(20)21/h2-5H,6H2,1H3,(H,18,22)(H,20,21). The van der Waals surface area contributed by atoms with Crippen LogP contribution in [0.2, 0.25) is 0 Å². The van der Waals surface area contributed by atoms with Crippen molar-refractivity contribution in [1.82, 2.24) is 10.0 Å². The minimum absolute atomic E-state index is 0.0327. The van der Waals surface area contributed by atoms with Gasteiger partial charge >= 0.3 is 12.1 Å². The Balaban J connectivity index is 2.64. The molecule has 0 aliphatic heterocycles. The Bertz CT molecular complexity index is 873. The van der Waals surface area contributed by atoms with E-state index in [0.717, 1.165) is 31.4 Å². The topological polar surface area (TPSA) is 97.6 Å². The minimum Gasteiger partial charge on any atom is -0.480 e. The summed E-state index contributed by atoms with van der Waals surface area (Å²) in [5.41, 5.74) is -2.39. The first kappa shape index (κ1) is 17.3. The van der Waals surface area contributed by atoms with E-state index in [1.165, 1.54) is 0 Å². The lowest BCUT2D eigenvalue weighted by molar-refractivity contribution is -0.137. The molecule has 1 aromatic heterocycles. The first-order valence-corrected chi connectivity index (χ1v) is 6.46. The molecule has 0 saturated heterocycles. The molecule has 0 radical (unpaired) electrons. The molecule has 0 aliphatic rings. The van der Waals surface area contributed by atoms with Crippen LogP contribution in [-0.4, -0.2) is 35.4 Å². The van der Waals surface area contributed by atoms with E-state index in [1.54, 1.807) is 0 Å². The second-order valence-corrected chi connectivity index (χ2v) is 4.69. The van der Waals surface area contributed by atoms with Gasteiger partial charge in [-0.3, -0.25) is 14.4 Å². The molecule has 1 aromatic carbocycles. The first-order chi connectivity index (χ1) is 11.1. The van der Waals surface area contributed by atoms with Gasteiger partial charge in [-0.15, -0.1) is 4.73 Å². The number of aromatic nitrogens is 1. The van der Waals surface area contributed by atoms with Crippen molar-refractivity contribution in [2.45, 2.75) is 6.18 Å². The van der Waals surface area contributed by atoms with Crippen LogP contribution >= 0.6 is 0 Å². The Morgan fingerprint density at radius 3 is 2.50 bits per heavy atom. The van der Waals surface area contributed by atoms with Crippen LogP contribution in [0.3, 0.4) is 0 Å². The van der Waals surface area contributed by atoms with Crippen LogP contribution in [0, 0.1) is 0 Å². The molecule has 24 heavy (non-hydrogen) atoms. The summed E-state index contributed by atoms with van der Waals surface area (Å²) in [7, 11) is 1.11. The zero-order chi connectivity index (χ0) is 18.1. The van der Waals surface area contributed by atoms with Gasteiger partial charge in [-0.2, -0.15) is 13.2 Å². The summed E-state index contributed by atoms with van der Waals surface area (Å²) in [5, 5.41) is 10.4. The number of hydrogen-bond acceptors (Lipinski definition) is 4. The number of pyridine rings is 1. The Morgan fingerprint density at radius 2 is 1.96 bits per heavy atom. The van der Waals surface area contributed by atoms with E-state index in [2.05, 4.69) is 0 Å². The van der Waals surface area contributed by atoms with E-state index in [-0.39, 0.29) is 10.9 Å². The summed E-state index contributed by atoms with van der Waals surface area (Å²) in [5.74, 6) is -2.37. The molecule has 0 saturated carbocycles. The predicted molar refractivity (Wildman–Crippen MR) is 75.7 cm³/mol. The van der Waals surface area contributed by atoms with Gasteiger partial charge in [0.05, 0.1) is 11.1 Å². The molecular weight excluding hydrogens is 333 g/mol. The van der Waals surface area contributed by atoms with Gasteiger partial charge < -0.3 is 15.3 Å². The number of nitrogens with zero attached hydrogens (tertiary/aromatic N) is 1. The summed E-state index contributed by atoms with van der Waals surface area (Å²) in [4.78, 5) is 39.4. The van der Waals surface area contributed by atoms with Crippen molar-refractivity contribution in [3.63, 3.8) is 0 Å². The van der Waals surface area contributed by atoms with Gasteiger partial charge in [0.15, 0.2) is 0 Å². The Labute approximate surface area is 132 Å². The number of nitrogens with one attached hydrogen (secondary N) is 1. The van der Waals surface area contributed by atoms with Crippen molar-refractivity contribution < 1.29 is 32.7 Å². The molecule has 10 heteroatoms. The van der Waals surface area contributed by atoms with E-state index >= 15 is 0 Å². The average molecular weight is 344 g/mol. The molecule has 0 unspecified atom stereocenters. The van der Waals surface area contributed by atoms with Crippen LogP contribution < -0.4 is 15.7 Å². The second kappa shape index (κ2) is 6.22. The number of alkyl halides is 3. The number of carbonyl (C=O) groups is 2. The van der Waals surface area contributed by atoms with E-state index in [4.69, 9.17) is 9.94 Å². The minimum atomic E-state index is -4.60. The lowest BCUT2D eigenvalue weighted by Gasteiger charge is -2.13. The maximum Gasteiger partial charge on any atom is 0.416 e. The number of carboxylic acid groups (broad SMARTS) is 1. The number of aliphatic carboxylic acids is 1. The number of hydrogen-bond donors (Lipinski definition) is 2. The van der Waals surface area contributed by atoms with Gasteiger partial charge in [-0.1, -0.05) is 0 Å². The molecule has 0 atom stereocenters. The Kier molecular flexibility index (Phi) is 4.49. The SMILES string of the molecule is COn1c(=O)c(C(=O)NCC(=O)O)cc2cc(C(F)(F)F)ccc21. The monoisotopic (exact) mass is 344 g/mol. The third kappa shape index (κ3) is 3.31. The molecule has 0 aliphatic carbocycles. The van der Waals surface area contributed by atoms with Gasteiger partial charge in [0.25, 0.3) is 11.5 Å². The fraction of sp³-hybridized carbons (Fsp3) is 0.214. The van der Waals surface area contributed by atoms with Crippen molar-refractivity contribution in [3.05, 3.63) is 45.7 Å². The van der Waals surface area contributed by atoms with Gasteiger partial charge in [0.2, 0.25) is 0 Å². The number of carboxylic acids is 1. The number of amides is 1. The summed E-state index contributed by atoms with van der Waals surface area (Å²) in [6.07, 6.45) is -4.60. The van der Waals surface area contributed by atoms with E-state index in [9.17, 15) is 27.6 Å². The fourth-order valence-corrected chi connectivity index (χ4v) is 2.06. The molecule has 1 amide bonds. The normalized spacial score (nSPS) is 11.3. The molecule has 0 spiro atoms. The van der Waals surface area contributed by atoms with Crippen molar-refractivity contribution in [3.8, 4) is 0 Å².